The van der Waals surface area contributed by atoms with E-state index in [0.29, 0.717) is 5.92 Å². The van der Waals surface area contributed by atoms with E-state index in [0.717, 1.165) is 46.6 Å². The quantitative estimate of drug-likeness (QED) is 0.207. The summed E-state index contributed by atoms with van der Waals surface area (Å²) < 4.78 is 0. The van der Waals surface area contributed by atoms with Crippen molar-refractivity contribution in [1.29, 1.82) is 0 Å². The molecule has 4 heteroatoms. The van der Waals surface area contributed by atoms with E-state index in [4.69, 9.17) is 9.97 Å². The second kappa shape index (κ2) is 10.7. The number of hydrogen-bond donors (Lipinski definition) is 0. The van der Waals surface area contributed by atoms with Crippen LogP contribution in [0.2, 0.25) is 0 Å². The summed E-state index contributed by atoms with van der Waals surface area (Å²) in [6.45, 7) is 0. The van der Waals surface area contributed by atoms with Crippen molar-refractivity contribution in [1.82, 2.24) is 9.97 Å². The zero-order valence-electron chi connectivity index (χ0n) is 25.7. The molecular weight excluding hydrogens is 582 g/mol. The van der Waals surface area contributed by atoms with Crippen molar-refractivity contribution in [2.45, 2.75) is 43.7 Å². The predicted octanol–water partition coefficient (Wildman–Crippen LogP) is 9.90. The summed E-state index contributed by atoms with van der Waals surface area (Å²) in [5.41, 5.74) is 10.1. The van der Waals surface area contributed by atoms with Crippen LogP contribution in [-0.4, -0.2) is 16.1 Å². The Kier molecular flexibility index (Phi) is 6.67. The Hall–Kier alpha value is -3.18. The van der Waals surface area contributed by atoms with E-state index in [-0.39, 0.29) is 5.41 Å². The van der Waals surface area contributed by atoms with E-state index in [1.807, 2.05) is 0 Å². The second-order valence-electron chi connectivity index (χ2n) is 14.3. The van der Waals surface area contributed by atoms with Crippen molar-refractivity contribution in [3.8, 4) is 0 Å². The molecular formula is C41H40N2P2. The Morgan fingerprint density at radius 2 is 1.40 bits per heavy atom. The average Bonchev–Trinajstić information content (AvgIpc) is 3.55. The molecule has 224 valence electrons. The molecule has 5 atom stereocenters. The van der Waals surface area contributed by atoms with Gasteiger partial charge in [-0.1, -0.05) is 78.9 Å². The van der Waals surface area contributed by atoms with Crippen LogP contribution < -0.4 is 0 Å². The average molecular weight is 623 g/mol. The zero-order valence-corrected chi connectivity index (χ0v) is 28.0. The van der Waals surface area contributed by atoms with E-state index in [1.54, 1.807) is 5.57 Å². The van der Waals surface area contributed by atoms with Crippen LogP contribution in [0.5, 0.6) is 0 Å². The van der Waals surface area contributed by atoms with Crippen LogP contribution in [-0.2, 0) is 5.16 Å². The van der Waals surface area contributed by atoms with Gasteiger partial charge in [-0.05, 0) is 126 Å². The van der Waals surface area contributed by atoms with Crippen LogP contribution >= 0.6 is 18.5 Å². The summed E-state index contributed by atoms with van der Waals surface area (Å²) >= 11 is 0. The normalized spacial score (nSPS) is 30.4. The molecule has 6 aliphatic carbocycles. The fourth-order valence-electron chi connectivity index (χ4n) is 10.1. The lowest BCUT2D eigenvalue weighted by molar-refractivity contribution is -0.0767. The lowest BCUT2D eigenvalue weighted by Gasteiger charge is -2.62. The fraction of sp³-hybridized carbons (Fsp3) is 0.317. The highest BCUT2D eigenvalue weighted by Crippen LogP contribution is 2.69. The first-order valence-electron chi connectivity index (χ1n) is 16.8. The van der Waals surface area contributed by atoms with Crippen LogP contribution in [0.3, 0.4) is 0 Å². The first-order chi connectivity index (χ1) is 22.0. The van der Waals surface area contributed by atoms with Crippen molar-refractivity contribution in [2.75, 3.05) is 6.16 Å². The molecule has 4 saturated carbocycles. The summed E-state index contributed by atoms with van der Waals surface area (Å²) in [7, 11) is 6.53. The summed E-state index contributed by atoms with van der Waals surface area (Å²) in [6, 6.07) is 26.0. The minimum atomic E-state index is -0.606. The number of benzene rings is 2. The van der Waals surface area contributed by atoms with Gasteiger partial charge in [-0.3, -0.25) is 9.97 Å². The Bertz CT molecular complexity index is 1920. The molecule has 2 heterocycles. The van der Waals surface area contributed by atoms with Crippen LogP contribution in [0.25, 0.3) is 21.8 Å². The van der Waals surface area contributed by atoms with Gasteiger partial charge in [0.1, 0.15) is 0 Å². The van der Waals surface area contributed by atoms with E-state index in [9.17, 15) is 0 Å². The Morgan fingerprint density at radius 3 is 2.00 bits per heavy atom. The lowest BCUT2D eigenvalue weighted by atomic mass is 9.43. The number of rotatable bonds is 5. The highest BCUT2D eigenvalue weighted by molar-refractivity contribution is 7.19. The van der Waals surface area contributed by atoms with Gasteiger partial charge in [0, 0.05) is 10.8 Å². The molecule has 0 aliphatic heterocycles. The van der Waals surface area contributed by atoms with E-state index in [2.05, 4.69) is 128 Å². The monoisotopic (exact) mass is 622 g/mol. The standard InChI is InChI=1S/C41H40N2P2/c44-25-35-32-19-26-18-27(20-32)24-40(35,23-26)33-21-31(28-8-2-1-3-9-28)22-34(33)41(45,38-16-14-29-10-4-6-12-36(29)42-38)39-17-15-30-11-5-7-13-37(30)43-39/h1-8,10-17,21-22,26-27,32,35H,9,18-20,23-25,44-45H2. The van der Waals surface area contributed by atoms with Gasteiger partial charge in [0.15, 0.2) is 0 Å². The molecule has 0 N–H and O–H groups in total. The summed E-state index contributed by atoms with van der Waals surface area (Å²) in [5, 5.41) is 1.73. The highest BCUT2D eigenvalue weighted by atomic mass is 31.0. The summed E-state index contributed by atoms with van der Waals surface area (Å²) in [6.07, 6.45) is 23.2. The largest absolute Gasteiger partial charge is 0.251 e. The third-order valence-electron chi connectivity index (χ3n) is 11.9. The number of pyridine rings is 2. The molecule has 6 aliphatic rings. The van der Waals surface area contributed by atoms with Gasteiger partial charge in [0.25, 0.3) is 0 Å². The topological polar surface area (TPSA) is 25.8 Å². The molecule has 5 unspecified atom stereocenters. The number of para-hydroxylation sites is 2. The second-order valence-corrected chi connectivity index (χ2v) is 15.6. The zero-order chi connectivity index (χ0) is 30.2. The van der Waals surface area contributed by atoms with Crippen molar-refractivity contribution in [3.63, 3.8) is 0 Å². The molecule has 4 bridgehead atoms. The van der Waals surface area contributed by atoms with Gasteiger partial charge in [-0.2, -0.15) is 0 Å². The fourth-order valence-corrected chi connectivity index (χ4v) is 11.5. The summed E-state index contributed by atoms with van der Waals surface area (Å²) in [5.74, 6) is 3.23. The number of nitrogens with zero attached hydrogens (tertiary/aromatic N) is 2. The van der Waals surface area contributed by atoms with Crippen LogP contribution in [0.4, 0.5) is 0 Å². The molecule has 2 aromatic carbocycles. The highest BCUT2D eigenvalue weighted by Gasteiger charge is 2.60. The molecule has 0 saturated heterocycles. The summed E-state index contributed by atoms with van der Waals surface area (Å²) in [4.78, 5) is 10.9. The van der Waals surface area contributed by atoms with Gasteiger partial charge in [0.05, 0.1) is 27.6 Å². The molecule has 2 nitrogen and oxygen atoms in total. The maximum absolute atomic E-state index is 5.43. The minimum Gasteiger partial charge on any atom is -0.251 e. The van der Waals surface area contributed by atoms with E-state index < -0.39 is 5.16 Å². The Morgan fingerprint density at radius 1 is 0.756 bits per heavy atom. The van der Waals surface area contributed by atoms with Crippen molar-refractivity contribution >= 4 is 40.3 Å². The van der Waals surface area contributed by atoms with Gasteiger partial charge < -0.3 is 0 Å². The third kappa shape index (κ3) is 4.36. The SMILES string of the molecule is PCC1C2CC3CC(C2)CC1(C1=CC(=C2C=CC=CC2)C=C1C(P)(c1ccc2ccccc2n1)c1ccc2ccccc2n1)C3. The van der Waals surface area contributed by atoms with Crippen molar-refractivity contribution in [2.24, 2.45) is 29.1 Å². The van der Waals surface area contributed by atoms with E-state index in [1.165, 1.54) is 65.8 Å². The Labute approximate surface area is 271 Å². The number of fused-ring (bicyclic) bond motifs is 2. The van der Waals surface area contributed by atoms with Crippen molar-refractivity contribution in [3.05, 3.63) is 143 Å². The van der Waals surface area contributed by atoms with Crippen LogP contribution in [0, 0.1) is 29.1 Å². The minimum absolute atomic E-state index is 0.189. The maximum atomic E-state index is 5.43. The molecule has 4 fully saturated rings. The number of hydrogen-bond acceptors (Lipinski definition) is 2. The van der Waals surface area contributed by atoms with Crippen LogP contribution in [0.1, 0.15) is 49.9 Å². The lowest BCUT2D eigenvalue weighted by Crippen LogP contribution is -2.54. The van der Waals surface area contributed by atoms with E-state index >= 15 is 0 Å². The smallest absolute Gasteiger partial charge is 0.0936 e. The predicted molar refractivity (Wildman–Crippen MR) is 194 cm³/mol. The van der Waals surface area contributed by atoms with Gasteiger partial charge in [-0.15, -0.1) is 18.5 Å². The maximum Gasteiger partial charge on any atom is 0.0936 e. The molecule has 2 aromatic heterocycles. The van der Waals surface area contributed by atoms with Crippen molar-refractivity contribution < 1.29 is 0 Å². The van der Waals surface area contributed by atoms with Gasteiger partial charge in [0.2, 0.25) is 0 Å². The number of allylic oxidation sites excluding steroid dienone is 10. The van der Waals surface area contributed by atoms with Gasteiger partial charge in [-0.25, -0.2) is 0 Å². The first kappa shape index (κ1) is 28.1. The molecule has 45 heavy (non-hydrogen) atoms. The first-order valence-corrected chi connectivity index (χ1v) is 18.2. The molecule has 0 spiro atoms. The molecule has 10 rings (SSSR count). The molecule has 0 amide bonds. The molecule has 0 radical (unpaired) electrons. The third-order valence-corrected chi connectivity index (χ3v) is 13.3. The molecule has 4 aromatic rings. The number of aromatic nitrogens is 2. The Balaban J connectivity index is 1.32. The van der Waals surface area contributed by atoms with Crippen LogP contribution in [0.15, 0.2) is 132 Å². The van der Waals surface area contributed by atoms with Gasteiger partial charge >= 0.3 is 0 Å².